The highest BCUT2D eigenvalue weighted by Gasteiger charge is 2.06. The molecule has 1 rings (SSSR count). The minimum absolute atomic E-state index is 0.119. The van der Waals surface area contributed by atoms with Crippen LogP contribution in [0.2, 0.25) is 10.0 Å². The number of nitrogens with two attached hydrogens (primary N) is 2. The van der Waals surface area contributed by atoms with E-state index in [0.29, 0.717) is 27.8 Å². The molecule has 104 valence electrons. The van der Waals surface area contributed by atoms with Crippen molar-refractivity contribution in [3.05, 3.63) is 39.6 Å². The molecule has 0 aromatic heterocycles. The van der Waals surface area contributed by atoms with E-state index in [2.05, 4.69) is 10.7 Å². The Morgan fingerprint density at radius 3 is 2.53 bits per heavy atom. The maximum atomic E-state index is 6.09. The van der Waals surface area contributed by atoms with E-state index in [4.69, 9.17) is 39.5 Å². The molecule has 1 aromatic carbocycles. The van der Waals surface area contributed by atoms with Gasteiger partial charge in [0.1, 0.15) is 5.76 Å². The zero-order chi connectivity index (χ0) is 14.3. The molecular formula is C12H16Cl2N4O. The van der Waals surface area contributed by atoms with Crippen molar-refractivity contribution in [3.63, 3.8) is 0 Å². The van der Waals surface area contributed by atoms with Gasteiger partial charge in [-0.1, -0.05) is 36.2 Å². The quantitative estimate of drug-likeness (QED) is 0.326. The molecule has 0 heterocycles. The molecule has 0 aliphatic rings. The topological polar surface area (TPSA) is 85.7 Å². The highest BCUT2D eigenvalue weighted by molar-refractivity contribution is 6.37. The molecule has 0 aliphatic heterocycles. The van der Waals surface area contributed by atoms with Crippen molar-refractivity contribution in [2.75, 3.05) is 0 Å². The van der Waals surface area contributed by atoms with Crippen LogP contribution < -0.4 is 17.1 Å². The van der Waals surface area contributed by atoms with Crippen LogP contribution in [0.4, 0.5) is 0 Å². The number of nitrogens with one attached hydrogen (secondary N) is 1. The predicted molar refractivity (Wildman–Crippen MR) is 79.4 cm³/mol. The van der Waals surface area contributed by atoms with Crippen molar-refractivity contribution in [1.29, 1.82) is 0 Å². The Bertz CT molecular complexity index is 464. The molecule has 19 heavy (non-hydrogen) atoms. The molecule has 0 amide bonds. The lowest BCUT2D eigenvalue weighted by atomic mass is 10.1. The van der Waals surface area contributed by atoms with Gasteiger partial charge in [-0.3, -0.25) is 0 Å². The summed E-state index contributed by atoms with van der Waals surface area (Å²) in [5, 5.41) is 4.62. The summed E-state index contributed by atoms with van der Waals surface area (Å²) in [5.41, 5.74) is 13.4. The fourth-order valence-electron chi connectivity index (χ4n) is 1.34. The number of halogens is 2. The number of benzene rings is 1. The molecule has 0 saturated heterocycles. The summed E-state index contributed by atoms with van der Waals surface area (Å²) in [6.45, 7) is 2.02. The molecule has 0 aliphatic carbocycles. The lowest BCUT2D eigenvalue weighted by Crippen LogP contribution is -2.26. The summed E-state index contributed by atoms with van der Waals surface area (Å²) in [7, 11) is 0. The molecule has 0 unspecified atom stereocenters. The Morgan fingerprint density at radius 2 is 2.00 bits per heavy atom. The van der Waals surface area contributed by atoms with Gasteiger partial charge in [-0.15, -0.1) is 10.7 Å². The first-order valence-corrected chi connectivity index (χ1v) is 6.45. The van der Waals surface area contributed by atoms with Crippen LogP contribution in [0.1, 0.15) is 25.3 Å². The largest absolute Gasteiger partial charge is 0.370 e. The summed E-state index contributed by atoms with van der Waals surface area (Å²) in [6.07, 6.45) is 3.33. The molecule has 7 heteroatoms. The average molecular weight is 303 g/mol. The second kappa shape index (κ2) is 7.76. The first-order chi connectivity index (χ1) is 9.04. The summed E-state index contributed by atoms with van der Waals surface area (Å²) >= 11 is 12.2. The Labute approximate surface area is 122 Å². The lowest BCUT2D eigenvalue weighted by Gasteiger charge is -2.09. The Morgan fingerprint density at radius 1 is 1.37 bits per heavy atom. The van der Waals surface area contributed by atoms with E-state index in [0.717, 1.165) is 6.42 Å². The fraction of sp³-hybridized carbons (Fsp3) is 0.250. The van der Waals surface area contributed by atoms with Gasteiger partial charge in [-0.05, 0) is 24.6 Å². The SMILES string of the molecule is CCC/C(=C\c1c(Cl)cccc1Cl)ONN=C(N)N. The Hall–Kier alpha value is -1.59. The van der Waals surface area contributed by atoms with Gasteiger partial charge in [0.25, 0.3) is 0 Å². The van der Waals surface area contributed by atoms with Gasteiger partial charge in [-0.2, -0.15) is 0 Å². The van der Waals surface area contributed by atoms with Crippen molar-refractivity contribution in [2.24, 2.45) is 16.6 Å². The second-order valence-electron chi connectivity index (χ2n) is 3.73. The van der Waals surface area contributed by atoms with Gasteiger partial charge in [0.15, 0.2) is 0 Å². The first-order valence-electron chi connectivity index (χ1n) is 5.69. The molecule has 0 bridgehead atoms. The highest BCUT2D eigenvalue weighted by Crippen LogP contribution is 2.27. The van der Waals surface area contributed by atoms with Gasteiger partial charge in [-0.25, -0.2) is 0 Å². The third-order valence-corrected chi connectivity index (χ3v) is 2.81. The number of allylic oxidation sites excluding steroid dienone is 1. The van der Waals surface area contributed by atoms with Gasteiger partial charge in [0, 0.05) is 22.0 Å². The van der Waals surface area contributed by atoms with E-state index >= 15 is 0 Å². The van der Waals surface area contributed by atoms with Crippen molar-refractivity contribution < 1.29 is 4.84 Å². The number of hydrogen-bond donors (Lipinski definition) is 3. The van der Waals surface area contributed by atoms with Crippen LogP contribution in [-0.4, -0.2) is 5.96 Å². The molecule has 0 atom stereocenters. The molecule has 0 spiro atoms. The standard InChI is InChI=1S/C12H16Cl2N4O/c1-2-4-8(19-18-17-12(15)16)7-9-10(13)5-3-6-11(9)14/h3,5-7,18H,2,4H2,1H3,(H4,15,16,17)/b8-7+. The van der Waals surface area contributed by atoms with Crippen LogP contribution in [0.3, 0.4) is 0 Å². The van der Waals surface area contributed by atoms with Crippen molar-refractivity contribution in [3.8, 4) is 0 Å². The van der Waals surface area contributed by atoms with E-state index in [9.17, 15) is 0 Å². The van der Waals surface area contributed by atoms with E-state index in [1.807, 2.05) is 6.92 Å². The van der Waals surface area contributed by atoms with Gasteiger partial charge < -0.3 is 16.3 Å². The minimum Gasteiger partial charge on any atom is -0.370 e. The molecular weight excluding hydrogens is 287 g/mol. The molecule has 5 N–H and O–H groups in total. The van der Waals surface area contributed by atoms with Crippen molar-refractivity contribution in [2.45, 2.75) is 19.8 Å². The van der Waals surface area contributed by atoms with E-state index in [1.165, 1.54) is 0 Å². The third-order valence-electron chi connectivity index (χ3n) is 2.15. The molecule has 0 fully saturated rings. The minimum atomic E-state index is -0.119. The number of hydrazone groups is 1. The third kappa shape index (κ3) is 5.28. The maximum absolute atomic E-state index is 6.09. The summed E-state index contributed by atoms with van der Waals surface area (Å²) in [5.74, 6) is 0.508. The van der Waals surface area contributed by atoms with Crippen molar-refractivity contribution >= 4 is 35.2 Å². The average Bonchev–Trinajstić information content (AvgIpc) is 2.33. The number of hydrogen-bond acceptors (Lipinski definition) is 3. The van der Waals surface area contributed by atoms with Crippen LogP contribution >= 0.6 is 23.2 Å². The fourth-order valence-corrected chi connectivity index (χ4v) is 1.85. The predicted octanol–water partition coefficient (Wildman–Crippen LogP) is 2.84. The Balaban J connectivity index is 2.91. The highest BCUT2D eigenvalue weighted by atomic mass is 35.5. The summed E-state index contributed by atoms with van der Waals surface area (Å²) in [6, 6.07) is 5.29. The number of nitrogens with zero attached hydrogens (tertiary/aromatic N) is 1. The summed E-state index contributed by atoms with van der Waals surface area (Å²) in [4.78, 5) is 5.25. The zero-order valence-corrected chi connectivity index (χ0v) is 12.0. The molecule has 1 aromatic rings. The van der Waals surface area contributed by atoms with Crippen LogP contribution in [0.25, 0.3) is 6.08 Å². The monoisotopic (exact) mass is 302 g/mol. The first kappa shape index (κ1) is 15.5. The second-order valence-corrected chi connectivity index (χ2v) is 4.54. The number of rotatable bonds is 6. The summed E-state index contributed by atoms with van der Waals surface area (Å²) < 4.78 is 0. The van der Waals surface area contributed by atoms with Crippen LogP contribution in [0.15, 0.2) is 29.1 Å². The van der Waals surface area contributed by atoms with E-state index < -0.39 is 0 Å². The van der Waals surface area contributed by atoms with E-state index in [-0.39, 0.29) is 5.96 Å². The van der Waals surface area contributed by atoms with Crippen LogP contribution in [-0.2, 0) is 4.84 Å². The zero-order valence-electron chi connectivity index (χ0n) is 10.5. The molecule has 0 radical (unpaired) electrons. The molecule has 0 saturated carbocycles. The van der Waals surface area contributed by atoms with E-state index in [1.54, 1.807) is 24.3 Å². The van der Waals surface area contributed by atoms with Gasteiger partial charge in [0.2, 0.25) is 5.96 Å². The van der Waals surface area contributed by atoms with Gasteiger partial charge in [0.05, 0.1) is 0 Å². The normalized spacial score (nSPS) is 11.0. The lowest BCUT2D eigenvalue weighted by molar-refractivity contribution is 0.104. The van der Waals surface area contributed by atoms with Gasteiger partial charge >= 0.3 is 0 Å². The maximum Gasteiger partial charge on any atom is 0.211 e. The molecule has 5 nitrogen and oxygen atoms in total. The van der Waals surface area contributed by atoms with Crippen LogP contribution in [0, 0.1) is 0 Å². The van der Waals surface area contributed by atoms with Crippen molar-refractivity contribution in [1.82, 2.24) is 5.59 Å². The van der Waals surface area contributed by atoms with Crippen LogP contribution in [0.5, 0.6) is 0 Å². The Kier molecular flexibility index (Phi) is 6.32. The smallest absolute Gasteiger partial charge is 0.211 e. The number of guanidine groups is 1.